The van der Waals surface area contributed by atoms with Gasteiger partial charge in [-0.15, -0.1) is 11.3 Å². The molecule has 184 valence electrons. The van der Waals surface area contributed by atoms with Crippen LogP contribution in [0.15, 0.2) is 71.2 Å². The average Bonchev–Trinajstić information content (AvgIpc) is 3.44. The molecule has 5 aromatic rings. The molecular weight excluding hydrogens is 510 g/mol. The molecule has 0 aliphatic carbocycles. The van der Waals surface area contributed by atoms with Gasteiger partial charge in [0, 0.05) is 53.6 Å². The van der Waals surface area contributed by atoms with Gasteiger partial charge in [0.15, 0.2) is 16.7 Å². The second-order valence-corrected chi connectivity index (χ2v) is 10.5. The van der Waals surface area contributed by atoms with Crippen molar-refractivity contribution >= 4 is 37.4 Å². The molecule has 2 aromatic carbocycles. The van der Waals surface area contributed by atoms with Crippen LogP contribution in [0.25, 0.3) is 22.0 Å². The highest BCUT2D eigenvalue weighted by Gasteiger charge is 2.20. The van der Waals surface area contributed by atoms with Gasteiger partial charge in [-0.2, -0.15) is 0 Å². The lowest BCUT2D eigenvalue weighted by Gasteiger charge is -2.14. The molecule has 3 aromatic heterocycles. The molecule has 36 heavy (non-hydrogen) atoms. The number of fused-ring (bicyclic) bond motifs is 1. The number of sulfonamides is 1. The van der Waals surface area contributed by atoms with Crippen molar-refractivity contribution in [3.63, 3.8) is 0 Å². The van der Waals surface area contributed by atoms with Gasteiger partial charge < -0.3 is 14.3 Å². The number of halogens is 2. The van der Waals surface area contributed by atoms with E-state index >= 15 is 0 Å². The fraction of sp³-hybridized carbons (Fsp3) is 0.0833. The maximum absolute atomic E-state index is 14.4. The fourth-order valence-electron chi connectivity index (χ4n) is 3.89. The molecule has 0 aliphatic heterocycles. The molecule has 0 saturated carbocycles. The fourth-order valence-corrected chi connectivity index (χ4v) is 5.84. The highest BCUT2D eigenvalue weighted by atomic mass is 32.2. The van der Waals surface area contributed by atoms with Gasteiger partial charge in [0.2, 0.25) is 10.0 Å². The van der Waals surface area contributed by atoms with E-state index < -0.39 is 21.7 Å². The Morgan fingerprint density at radius 3 is 2.67 bits per heavy atom. The van der Waals surface area contributed by atoms with Crippen molar-refractivity contribution in [1.82, 2.24) is 14.5 Å². The van der Waals surface area contributed by atoms with Crippen molar-refractivity contribution in [2.24, 2.45) is 7.05 Å². The largest absolute Gasteiger partial charge is 0.454 e. The molecule has 0 bridgehead atoms. The average molecular weight is 529 g/mol. The van der Waals surface area contributed by atoms with E-state index in [1.54, 1.807) is 41.4 Å². The van der Waals surface area contributed by atoms with Crippen LogP contribution in [0.5, 0.6) is 11.5 Å². The van der Waals surface area contributed by atoms with Gasteiger partial charge in [0.25, 0.3) is 5.56 Å². The zero-order valence-corrected chi connectivity index (χ0v) is 20.3. The number of ether oxygens (including phenoxy) is 1. The molecule has 0 unspecified atom stereocenters. The van der Waals surface area contributed by atoms with E-state index in [1.807, 2.05) is 0 Å². The number of aromatic amines is 1. The van der Waals surface area contributed by atoms with Crippen LogP contribution in [0.2, 0.25) is 0 Å². The lowest BCUT2D eigenvalue weighted by atomic mass is 10.0. The molecule has 0 aliphatic rings. The van der Waals surface area contributed by atoms with Crippen LogP contribution < -0.4 is 15.0 Å². The third kappa shape index (κ3) is 4.72. The summed E-state index contributed by atoms with van der Waals surface area (Å²) in [5.41, 5.74) is 1.51. The van der Waals surface area contributed by atoms with Gasteiger partial charge in [0.05, 0.1) is 5.75 Å². The Labute approximate surface area is 207 Å². The molecule has 0 radical (unpaired) electrons. The summed E-state index contributed by atoms with van der Waals surface area (Å²) in [4.78, 5) is 19.0. The molecule has 8 nitrogen and oxygen atoms in total. The van der Waals surface area contributed by atoms with E-state index in [1.165, 1.54) is 24.5 Å². The van der Waals surface area contributed by atoms with E-state index in [-0.39, 0.29) is 27.9 Å². The van der Waals surface area contributed by atoms with Crippen molar-refractivity contribution in [2.45, 2.75) is 5.75 Å². The van der Waals surface area contributed by atoms with E-state index in [0.717, 1.165) is 17.4 Å². The summed E-state index contributed by atoms with van der Waals surface area (Å²) in [7, 11) is -2.09. The van der Waals surface area contributed by atoms with Gasteiger partial charge in [-0.25, -0.2) is 22.2 Å². The van der Waals surface area contributed by atoms with Crippen LogP contribution in [0, 0.1) is 11.6 Å². The molecule has 0 saturated heterocycles. The van der Waals surface area contributed by atoms with Crippen molar-refractivity contribution in [3.05, 3.63) is 94.0 Å². The summed E-state index contributed by atoms with van der Waals surface area (Å²) in [6.45, 7) is 0. The lowest BCUT2D eigenvalue weighted by molar-refractivity contribution is 0.439. The van der Waals surface area contributed by atoms with Crippen LogP contribution in [-0.4, -0.2) is 23.0 Å². The molecule has 2 N–H and O–H groups in total. The van der Waals surface area contributed by atoms with E-state index in [2.05, 4.69) is 14.7 Å². The SMILES string of the molecule is Cn1cc(-c2cc(CS(=O)(=O)Nc3nccs3)ccc2Oc2ccc(F)cc2F)c2cc[nH]c(=O)c21. The minimum Gasteiger partial charge on any atom is -0.454 e. The van der Waals surface area contributed by atoms with Crippen LogP contribution in [-0.2, 0) is 22.8 Å². The number of thiazole rings is 1. The van der Waals surface area contributed by atoms with Gasteiger partial charge >= 0.3 is 0 Å². The molecule has 0 amide bonds. The Bertz CT molecular complexity index is 1750. The summed E-state index contributed by atoms with van der Waals surface area (Å²) in [6.07, 6.45) is 4.69. The zero-order chi connectivity index (χ0) is 25.4. The summed E-state index contributed by atoms with van der Waals surface area (Å²) in [6, 6.07) is 9.31. The number of H-pyrrole nitrogens is 1. The quantitative estimate of drug-likeness (QED) is 0.309. The van der Waals surface area contributed by atoms with Gasteiger partial charge in [-0.3, -0.25) is 9.52 Å². The maximum atomic E-state index is 14.4. The third-order valence-corrected chi connectivity index (χ3v) is 7.42. The van der Waals surface area contributed by atoms with Crippen molar-refractivity contribution in [2.75, 3.05) is 4.72 Å². The van der Waals surface area contributed by atoms with Crippen LogP contribution >= 0.6 is 11.3 Å². The first-order valence-electron chi connectivity index (χ1n) is 10.5. The number of nitrogens with zero attached hydrogens (tertiary/aromatic N) is 2. The highest BCUT2D eigenvalue weighted by molar-refractivity contribution is 7.92. The van der Waals surface area contributed by atoms with Gasteiger partial charge in [0.1, 0.15) is 17.1 Å². The van der Waals surface area contributed by atoms with Crippen LogP contribution in [0.1, 0.15) is 5.56 Å². The summed E-state index contributed by atoms with van der Waals surface area (Å²) < 4.78 is 63.1. The molecule has 3 heterocycles. The van der Waals surface area contributed by atoms with Crippen LogP contribution in [0.4, 0.5) is 13.9 Å². The Hall–Kier alpha value is -4.03. The number of hydrogen-bond acceptors (Lipinski definition) is 6. The second kappa shape index (κ2) is 9.21. The lowest BCUT2D eigenvalue weighted by Crippen LogP contribution is -2.15. The predicted octanol–water partition coefficient (Wildman–Crippen LogP) is 5.00. The minimum atomic E-state index is -3.79. The smallest absolute Gasteiger partial charge is 0.272 e. The van der Waals surface area contributed by atoms with Crippen molar-refractivity contribution < 1.29 is 21.9 Å². The predicted molar refractivity (Wildman–Crippen MR) is 134 cm³/mol. The third-order valence-electron chi connectivity index (χ3n) is 5.38. The summed E-state index contributed by atoms with van der Waals surface area (Å²) in [5, 5.41) is 2.49. The number of aryl methyl sites for hydroxylation is 1. The van der Waals surface area contributed by atoms with Gasteiger partial charge in [-0.1, -0.05) is 6.07 Å². The molecule has 0 fully saturated rings. The first-order valence-corrected chi connectivity index (χ1v) is 13.1. The van der Waals surface area contributed by atoms with E-state index in [9.17, 15) is 22.0 Å². The van der Waals surface area contributed by atoms with Gasteiger partial charge in [-0.05, 0) is 35.9 Å². The molecule has 0 atom stereocenters. The number of hydrogen-bond donors (Lipinski definition) is 2. The number of pyridine rings is 1. The minimum absolute atomic E-state index is 0.197. The first kappa shape index (κ1) is 23.7. The maximum Gasteiger partial charge on any atom is 0.272 e. The Kier molecular flexibility index (Phi) is 6.06. The Morgan fingerprint density at radius 2 is 1.92 bits per heavy atom. The van der Waals surface area contributed by atoms with Crippen molar-refractivity contribution in [3.8, 4) is 22.6 Å². The number of nitrogens with one attached hydrogen (secondary N) is 2. The molecule has 5 rings (SSSR count). The summed E-state index contributed by atoms with van der Waals surface area (Å²) >= 11 is 1.15. The number of rotatable bonds is 7. The molecule has 12 heteroatoms. The molecule has 0 spiro atoms. The number of benzene rings is 2. The first-order chi connectivity index (χ1) is 17.2. The van der Waals surface area contributed by atoms with Crippen molar-refractivity contribution in [1.29, 1.82) is 0 Å². The number of anilines is 1. The normalized spacial score (nSPS) is 11.6. The molecular formula is C24H18F2N4O4S2. The highest BCUT2D eigenvalue weighted by Crippen LogP contribution is 2.39. The number of aromatic nitrogens is 3. The summed E-state index contributed by atoms with van der Waals surface area (Å²) in [5.74, 6) is -2.02. The Balaban J connectivity index is 1.62. The zero-order valence-electron chi connectivity index (χ0n) is 18.7. The van der Waals surface area contributed by atoms with E-state index in [0.29, 0.717) is 33.7 Å². The monoisotopic (exact) mass is 528 g/mol. The topological polar surface area (TPSA) is 106 Å². The standard InChI is InChI=1S/C24H18F2N4O4S2/c1-30-12-18(16-6-7-27-23(31)22(16)30)17-10-14(13-36(32,33)29-24-28-8-9-35-24)2-4-20(17)34-21-5-3-15(25)11-19(21)26/h2-12H,13H2,1H3,(H,27,31)(H,28,29). The van der Waals surface area contributed by atoms with E-state index in [4.69, 9.17) is 4.74 Å². The Morgan fingerprint density at radius 1 is 1.11 bits per heavy atom. The van der Waals surface area contributed by atoms with Crippen LogP contribution in [0.3, 0.4) is 0 Å². The second-order valence-electron chi connectivity index (χ2n) is 7.93.